The lowest BCUT2D eigenvalue weighted by molar-refractivity contribution is -0.917. The van der Waals surface area contributed by atoms with E-state index in [1.165, 1.54) is 9.78 Å². The zero-order valence-electron chi connectivity index (χ0n) is 14.7. The third-order valence-electron chi connectivity index (χ3n) is 4.62. The molecule has 5 nitrogen and oxygen atoms in total. The highest BCUT2D eigenvalue weighted by molar-refractivity contribution is 7.09. The summed E-state index contributed by atoms with van der Waals surface area (Å²) >= 11 is 7.82. The third kappa shape index (κ3) is 4.63. The molecule has 138 valence electrons. The van der Waals surface area contributed by atoms with Gasteiger partial charge in [-0.1, -0.05) is 29.8 Å². The SMILES string of the molecule is C[C@H](NC(=O)c1ccccc1Cl)C(=O)N1CC[NH+](Cc2cccs2)CC1. The van der Waals surface area contributed by atoms with Crippen molar-refractivity contribution < 1.29 is 14.5 Å². The van der Waals surface area contributed by atoms with Crippen LogP contribution in [0.3, 0.4) is 0 Å². The molecule has 0 unspecified atom stereocenters. The molecule has 1 aliphatic heterocycles. The van der Waals surface area contributed by atoms with E-state index in [1.54, 1.807) is 42.5 Å². The van der Waals surface area contributed by atoms with E-state index in [4.69, 9.17) is 11.6 Å². The maximum absolute atomic E-state index is 12.6. The summed E-state index contributed by atoms with van der Waals surface area (Å²) in [5.74, 6) is -0.362. The fourth-order valence-corrected chi connectivity index (χ4v) is 4.13. The monoisotopic (exact) mass is 392 g/mol. The molecule has 0 bridgehead atoms. The number of amides is 2. The Hall–Kier alpha value is -1.89. The van der Waals surface area contributed by atoms with Gasteiger partial charge >= 0.3 is 0 Å². The maximum Gasteiger partial charge on any atom is 0.253 e. The molecule has 1 fully saturated rings. The Morgan fingerprint density at radius 2 is 1.96 bits per heavy atom. The van der Waals surface area contributed by atoms with Crippen LogP contribution >= 0.6 is 22.9 Å². The van der Waals surface area contributed by atoms with Crippen LogP contribution in [0.15, 0.2) is 41.8 Å². The van der Waals surface area contributed by atoms with E-state index in [9.17, 15) is 9.59 Å². The average Bonchev–Trinajstić information content (AvgIpc) is 3.15. The summed E-state index contributed by atoms with van der Waals surface area (Å²) in [7, 11) is 0. The number of rotatable bonds is 5. The minimum absolute atomic E-state index is 0.0411. The van der Waals surface area contributed by atoms with Gasteiger partial charge in [0.15, 0.2) is 0 Å². The van der Waals surface area contributed by atoms with Crippen molar-refractivity contribution in [3.8, 4) is 0 Å². The van der Waals surface area contributed by atoms with E-state index >= 15 is 0 Å². The minimum Gasteiger partial charge on any atom is -0.340 e. The fourth-order valence-electron chi connectivity index (χ4n) is 3.14. The maximum atomic E-state index is 12.6. The van der Waals surface area contributed by atoms with Crippen molar-refractivity contribution in [2.75, 3.05) is 26.2 Å². The summed E-state index contributed by atoms with van der Waals surface area (Å²) in [6.45, 7) is 6.02. The van der Waals surface area contributed by atoms with Crippen molar-refractivity contribution in [2.24, 2.45) is 0 Å². The third-order valence-corrected chi connectivity index (χ3v) is 5.83. The van der Waals surface area contributed by atoms with Gasteiger partial charge < -0.3 is 15.1 Å². The number of nitrogens with zero attached hydrogens (tertiary/aromatic N) is 1. The van der Waals surface area contributed by atoms with E-state index in [1.807, 2.05) is 4.90 Å². The first kappa shape index (κ1) is 18.9. The highest BCUT2D eigenvalue weighted by atomic mass is 35.5. The number of piperazine rings is 1. The van der Waals surface area contributed by atoms with Gasteiger partial charge in [-0.2, -0.15) is 0 Å². The molecule has 2 aromatic rings. The van der Waals surface area contributed by atoms with Gasteiger partial charge in [-0.25, -0.2) is 0 Å². The Balaban J connectivity index is 1.50. The second-order valence-corrected chi connectivity index (χ2v) is 7.95. The molecule has 0 radical (unpaired) electrons. The molecule has 2 amide bonds. The van der Waals surface area contributed by atoms with Crippen molar-refractivity contribution in [2.45, 2.75) is 19.5 Å². The number of benzene rings is 1. The molecule has 1 aromatic carbocycles. The summed E-state index contributed by atoms with van der Waals surface area (Å²) in [5, 5.41) is 5.24. The lowest BCUT2D eigenvalue weighted by Crippen LogP contribution is -3.13. The number of halogens is 1. The second kappa shape index (κ2) is 8.66. The summed E-state index contributed by atoms with van der Waals surface area (Å²) in [4.78, 5) is 29.7. The molecule has 2 N–H and O–H groups in total. The molecular weight excluding hydrogens is 370 g/mol. The van der Waals surface area contributed by atoms with Crippen LogP contribution in [0.25, 0.3) is 0 Å². The van der Waals surface area contributed by atoms with Crippen molar-refractivity contribution >= 4 is 34.8 Å². The zero-order valence-corrected chi connectivity index (χ0v) is 16.3. The normalized spacial score (nSPS) is 16.3. The number of quaternary nitrogens is 1. The van der Waals surface area contributed by atoms with Crippen LogP contribution in [0.5, 0.6) is 0 Å². The minimum atomic E-state index is -0.572. The summed E-state index contributed by atoms with van der Waals surface area (Å²) in [6.07, 6.45) is 0. The lowest BCUT2D eigenvalue weighted by atomic mass is 10.2. The van der Waals surface area contributed by atoms with Gasteiger partial charge in [0.2, 0.25) is 5.91 Å². The molecule has 2 heterocycles. The molecule has 3 rings (SSSR count). The Bertz CT molecular complexity index is 758. The molecule has 26 heavy (non-hydrogen) atoms. The predicted octanol–water partition coefficient (Wildman–Crippen LogP) is 1.45. The summed E-state index contributed by atoms with van der Waals surface area (Å²) in [6, 6.07) is 10.5. The van der Waals surface area contributed by atoms with Gasteiger partial charge in [0.25, 0.3) is 5.91 Å². The predicted molar refractivity (Wildman–Crippen MR) is 104 cm³/mol. The topological polar surface area (TPSA) is 53.9 Å². The molecule has 1 aromatic heterocycles. The average molecular weight is 393 g/mol. The standard InChI is InChI=1S/C19H22ClN3O2S/c1-14(21-18(24)16-6-2-3-7-17(16)20)19(25)23-10-8-22(9-11-23)13-15-5-4-12-26-15/h2-7,12,14H,8-11,13H2,1H3,(H,21,24)/p+1/t14-/m0/s1. The molecule has 7 heteroatoms. The number of hydrogen-bond donors (Lipinski definition) is 2. The molecule has 0 saturated carbocycles. The van der Waals surface area contributed by atoms with Crippen LogP contribution in [0.1, 0.15) is 22.2 Å². The van der Waals surface area contributed by atoms with E-state index in [2.05, 4.69) is 22.8 Å². The fraction of sp³-hybridized carbons (Fsp3) is 0.368. The molecule has 1 atom stereocenters. The van der Waals surface area contributed by atoms with E-state index in [-0.39, 0.29) is 11.8 Å². The molecule has 1 aliphatic rings. The Morgan fingerprint density at radius 3 is 2.62 bits per heavy atom. The van der Waals surface area contributed by atoms with Crippen LogP contribution in [0, 0.1) is 0 Å². The first-order valence-electron chi connectivity index (χ1n) is 8.74. The van der Waals surface area contributed by atoms with Gasteiger partial charge in [-0.3, -0.25) is 9.59 Å². The van der Waals surface area contributed by atoms with Crippen LogP contribution < -0.4 is 10.2 Å². The van der Waals surface area contributed by atoms with Gasteiger partial charge in [0.05, 0.1) is 41.6 Å². The number of nitrogens with one attached hydrogen (secondary N) is 2. The molecule has 0 spiro atoms. The van der Waals surface area contributed by atoms with E-state index in [0.717, 1.165) is 19.6 Å². The van der Waals surface area contributed by atoms with E-state index in [0.29, 0.717) is 23.7 Å². The largest absolute Gasteiger partial charge is 0.340 e. The number of hydrogen-bond acceptors (Lipinski definition) is 3. The zero-order chi connectivity index (χ0) is 18.5. The first-order chi connectivity index (χ1) is 12.5. The molecule has 0 aliphatic carbocycles. The van der Waals surface area contributed by atoms with Crippen LogP contribution in [0.4, 0.5) is 0 Å². The lowest BCUT2D eigenvalue weighted by Gasteiger charge is -2.33. The van der Waals surface area contributed by atoms with Gasteiger partial charge in [0.1, 0.15) is 12.6 Å². The smallest absolute Gasteiger partial charge is 0.253 e. The Morgan fingerprint density at radius 1 is 1.23 bits per heavy atom. The quantitative estimate of drug-likeness (QED) is 0.809. The Labute approximate surface area is 162 Å². The second-order valence-electron chi connectivity index (χ2n) is 6.51. The highest BCUT2D eigenvalue weighted by Gasteiger charge is 2.28. The number of carbonyl (C=O) groups excluding carboxylic acids is 2. The van der Waals surface area contributed by atoms with Crippen molar-refractivity contribution in [1.82, 2.24) is 10.2 Å². The van der Waals surface area contributed by atoms with Gasteiger partial charge in [0, 0.05) is 0 Å². The number of carbonyl (C=O) groups is 2. The van der Waals surface area contributed by atoms with Crippen LogP contribution in [-0.2, 0) is 11.3 Å². The van der Waals surface area contributed by atoms with Crippen molar-refractivity contribution in [1.29, 1.82) is 0 Å². The van der Waals surface area contributed by atoms with Crippen LogP contribution in [-0.4, -0.2) is 48.9 Å². The summed E-state index contributed by atoms with van der Waals surface area (Å²) in [5.41, 5.74) is 0.388. The number of thiophene rings is 1. The Kier molecular flexibility index (Phi) is 6.29. The van der Waals surface area contributed by atoms with Crippen LogP contribution in [0.2, 0.25) is 5.02 Å². The van der Waals surface area contributed by atoms with Gasteiger partial charge in [-0.15, -0.1) is 11.3 Å². The highest BCUT2D eigenvalue weighted by Crippen LogP contribution is 2.15. The molecule has 1 saturated heterocycles. The van der Waals surface area contributed by atoms with Crippen molar-refractivity contribution in [3.05, 3.63) is 57.2 Å². The molecular formula is C19H23ClN3O2S+. The van der Waals surface area contributed by atoms with Crippen molar-refractivity contribution in [3.63, 3.8) is 0 Å². The van der Waals surface area contributed by atoms with E-state index < -0.39 is 6.04 Å². The van der Waals surface area contributed by atoms with Gasteiger partial charge in [-0.05, 0) is 30.5 Å². The first-order valence-corrected chi connectivity index (χ1v) is 10.0. The summed E-state index contributed by atoms with van der Waals surface area (Å²) < 4.78 is 0.